The molecule has 0 saturated carbocycles. The van der Waals surface area contributed by atoms with E-state index in [1.165, 1.54) is 18.2 Å². The van der Waals surface area contributed by atoms with E-state index in [9.17, 15) is 17.9 Å². The van der Waals surface area contributed by atoms with Crippen molar-refractivity contribution in [1.29, 1.82) is 0 Å². The van der Waals surface area contributed by atoms with Crippen LogP contribution in [0.2, 0.25) is 5.02 Å². The lowest BCUT2D eigenvalue weighted by molar-refractivity contribution is 0.127. The molecule has 8 heteroatoms. The van der Waals surface area contributed by atoms with Crippen molar-refractivity contribution < 1.29 is 22.7 Å². The highest BCUT2D eigenvalue weighted by atomic mass is 35.5. The van der Waals surface area contributed by atoms with E-state index in [0.29, 0.717) is 5.56 Å². The largest absolute Gasteiger partial charge is 0.389 e. The van der Waals surface area contributed by atoms with Crippen LogP contribution >= 0.6 is 11.6 Å². The average Bonchev–Trinajstić information content (AvgIpc) is 2.78. The van der Waals surface area contributed by atoms with Gasteiger partial charge >= 0.3 is 0 Å². The van der Waals surface area contributed by atoms with E-state index in [2.05, 4.69) is 4.72 Å². The molecule has 1 heterocycles. The van der Waals surface area contributed by atoms with E-state index in [-0.39, 0.29) is 24.8 Å². The smallest absolute Gasteiger partial charge is 0.219 e. The highest BCUT2D eigenvalue weighted by Crippen LogP contribution is 2.17. The van der Waals surface area contributed by atoms with Gasteiger partial charge in [-0.25, -0.2) is 17.5 Å². The quantitative estimate of drug-likeness (QED) is 0.856. The van der Waals surface area contributed by atoms with Gasteiger partial charge in [0.05, 0.1) is 24.3 Å². The molecule has 2 unspecified atom stereocenters. The molecule has 0 radical (unpaired) electrons. The Labute approximate surface area is 115 Å². The summed E-state index contributed by atoms with van der Waals surface area (Å²) in [5.41, 5.74) is 0.531. The molecule has 106 valence electrons. The number of rotatable bonds is 4. The summed E-state index contributed by atoms with van der Waals surface area (Å²) in [4.78, 5) is 0. The Morgan fingerprint density at radius 2 is 2.21 bits per heavy atom. The molecule has 19 heavy (non-hydrogen) atoms. The number of halogens is 2. The second kappa shape index (κ2) is 5.72. The van der Waals surface area contributed by atoms with Gasteiger partial charge in [-0.1, -0.05) is 17.7 Å². The maximum absolute atomic E-state index is 12.9. The lowest BCUT2D eigenvalue weighted by Crippen LogP contribution is -2.40. The van der Waals surface area contributed by atoms with Gasteiger partial charge in [0.15, 0.2) is 0 Å². The van der Waals surface area contributed by atoms with Crippen LogP contribution in [0.5, 0.6) is 0 Å². The number of aliphatic hydroxyl groups is 1. The fourth-order valence-corrected chi connectivity index (χ4v) is 3.31. The number of aliphatic hydroxyl groups excluding tert-OH is 1. The predicted molar refractivity (Wildman–Crippen MR) is 67.8 cm³/mol. The Kier molecular flexibility index (Phi) is 4.42. The van der Waals surface area contributed by atoms with E-state index in [0.717, 1.165) is 0 Å². The normalized spacial score (nSPS) is 23.7. The number of hydrogen-bond donors (Lipinski definition) is 2. The third-order valence-corrected chi connectivity index (χ3v) is 4.94. The number of nitrogens with one attached hydrogen (secondary N) is 1. The van der Waals surface area contributed by atoms with Crippen molar-refractivity contribution in [1.82, 2.24) is 4.72 Å². The molecule has 1 aromatic carbocycles. The lowest BCUT2D eigenvalue weighted by atomic mass is 10.2. The second-order valence-electron chi connectivity index (χ2n) is 4.26. The third kappa shape index (κ3) is 3.43. The van der Waals surface area contributed by atoms with Gasteiger partial charge in [-0.05, 0) is 17.7 Å². The topological polar surface area (TPSA) is 75.6 Å². The molecule has 0 aliphatic carbocycles. The molecule has 0 amide bonds. The first-order chi connectivity index (χ1) is 8.90. The molecule has 2 rings (SSSR count). The van der Waals surface area contributed by atoms with E-state index in [1.807, 2.05) is 0 Å². The van der Waals surface area contributed by atoms with Crippen LogP contribution < -0.4 is 4.72 Å². The first kappa shape index (κ1) is 14.7. The average molecular weight is 310 g/mol. The zero-order valence-electron chi connectivity index (χ0n) is 9.84. The van der Waals surface area contributed by atoms with Crippen molar-refractivity contribution in [3.05, 3.63) is 34.6 Å². The summed E-state index contributed by atoms with van der Waals surface area (Å²) in [6, 6.07) is 3.95. The Bertz CT molecular complexity index is 566. The molecule has 1 fully saturated rings. The lowest BCUT2D eigenvalue weighted by Gasteiger charge is -2.14. The molecule has 1 saturated heterocycles. The van der Waals surface area contributed by atoms with Gasteiger partial charge in [-0.3, -0.25) is 0 Å². The first-order valence-corrected chi connectivity index (χ1v) is 7.51. The van der Waals surface area contributed by atoms with Crippen LogP contribution in [-0.4, -0.2) is 38.1 Å². The summed E-state index contributed by atoms with van der Waals surface area (Å²) in [6.45, 7) is -0.0554. The van der Waals surface area contributed by atoms with E-state index in [1.54, 1.807) is 0 Å². The summed E-state index contributed by atoms with van der Waals surface area (Å²) < 4.78 is 44.0. The number of hydrogen-bond acceptors (Lipinski definition) is 4. The van der Waals surface area contributed by atoms with Crippen molar-refractivity contribution in [2.45, 2.75) is 17.9 Å². The first-order valence-electron chi connectivity index (χ1n) is 5.58. The summed E-state index contributed by atoms with van der Waals surface area (Å²) in [5.74, 6) is -0.562. The molecular weight excluding hydrogens is 297 g/mol. The Morgan fingerprint density at radius 3 is 2.79 bits per heavy atom. The number of sulfonamides is 1. The Balaban J connectivity index is 2.03. The van der Waals surface area contributed by atoms with Crippen LogP contribution in [0.1, 0.15) is 5.56 Å². The monoisotopic (exact) mass is 309 g/mol. The molecule has 0 aromatic heterocycles. The van der Waals surface area contributed by atoms with Gasteiger partial charge in [-0.2, -0.15) is 0 Å². The maximum atomic E-state index is 12.9. The van der Waals surface area contributed by atoms with Crippen LogP contribution in [0.3, 0.4) is 0 Å². The number of benzene rings is 1. The van der Waals surface area contributed by atoms with Crippen molar-refractivity contribution in [2.75, 3.05) is 13.2 Å². The van der Waals surface area contributed by atoms with Crippen molar-refractivity contribution in [3.8, 4) is 0 Å². The van der Waals surface area contributed by atoms with E-state index in [4.69, 9.17) is 16.3 Å². The summed E-state index contributed by atoms with van der Waals surface area (Å²) >= 11 is 5.60. The SMILES string of the molecule is O=S(=O)(NCc1ccc(F)c(Cl)c1)C1COCC1O. The van der Waals surface area contributed by atoms with Crippen LogP contribution in [0.15, 0.2) is 18.2 Å². The summed E-state index contributed by atoms with van der Waals surface area (Å²) in [7, 11) is -3.69. The minimum atomic E-state index is -3.69. The Hall–Kier alpha value is -0.730. The second-order valence-corrected chi connectivity index (χ2v) is 6.65. The molecule has 1 aromatic rings. The third-order valence-electron chi connectivity index (χ3n) is 2.86. The van der Waals surface area contributed by atoms with Gasteiger partial charge in [0.2, 0.25) is 10.0 Å². The minimum Gasteiger partial charge on any atom is -0.389 e. The van der Waals surface area contributed by atoms with E-state index >= 15 is 0 Å². The van der Waals surface area contributed by atoms with Crippen molar-refractivity contribution >= 4 is 21.6 Å². The molecule has 2 N–H and O–H groups in total. The molecule has 5 nitrogen and oxygen atoms in total. The van der Waals surface area contributed by atoms with Gasteiger partial charge in [0.25, 0.3) is 0 Å². The molecular formula is C11H13ClFNO4S. The zero-order valence-corrected chi connectivity index (χ0v) is 11.4. The molecule has 2 atom stereocenters. The maximum Gasteiger partial charge on any atom is 0.219 e. The molecule has 0 bridgehead atoms. The van der Waals surface area contributed by atoms with Crippen LogP contribution in [0.4, 0.5) is 4.39 Å². The van der Waals surface area contributed by atoms with Gasteiger partial charge in [-0.15, -0.1) is 0 Å². The van der Waals surface area contributed by atoms with Crippen molar-refractivity contribution in [3.63, 3.8) is 0 Å². The predicted octanol–water partition coefficient (Wildman–Crippen LogP) is 0.658. The van der Waals surface area contributed by atoms with Gasteiger partial charge < -0.3 is 9.84 Å². The minimum absolute atomic E-state index is 0.00789. The molecule has 1 aliphatic rings. The fraction of sp³-hybridized carbons (Fsp3) is 0.455. The number of ether oxygens (including phenoxy) is 1. The van der Waals surface area contributed by atoms with Crippen LogP contribution in [-0.2, 0) is 21.3 Å². The molecule has 1 aliphatic heterocycles. The Morgan fingerprint density at radius 1 is 1.47 bits per heavy atom. The van der Waals surface area contributed by atoms with Gasteiger partial charge in [0, 0.05) is 6.54 Å². The van der Waals surface area contributed by atoms with Crippen molar-refractivity contribution in [2.24, 2.45) is 0 Å². The highest BCUT2D eigenvalue weighted by molar-refractivity contribution is 7.90. The van der Waals surface area contributed by atoms with Crippen LogP contribution in [0, 0.1) is 5.82 Å². The fourth-order valence-electron chi connectivity index (χ4n) is 1.76. The van der Waals surface area contributed by atoms with Gasteiger partial charge in [0.1, 0.15) is 11.1 Å². The van der Waals surface area contributed by atoms with Crippen LogP contribution in [0.25, 0.3) is 0 Å². The standard InChI is InChI=1S/C11H13ClFNO4S/c12-8-3-7(1-2-9(8)13)4-14-19(16,17)11-6-18-5-10(11)15/h1-3,10-11,14-15H,4-6H2. The highest BCUT2D eigenvalue weighted by Gasteiger charge is 2.37. The molecule has 0 spiro atoms. The zero-order chi connectivity index (χ0) is 14.0. The summed E-state index contributed by atoms with van der Waals surface area (Å²) in [6.07, 6.45) is -1.03. The van der Waals surface area contributed by atoms with E-state index < -0.39 is 27.2 Å². The summed E-state index contributed by atoms with van der Waals surface area (Å²) in [5, 5.41) is 8.44.